The molecule has 0 radical (unpaired) electrons. The zero-order chi connectivity index (χ0) is 48.5. The molecule has 16 nitrogen and oxygen atoms in total. The van der Waals surface area contributed by atoms with Crippen molar-refractivity contribution in [2.24, 2.45) is 28.8 Å². The molecule has 3 heterocycles. The lowest BCUT2D eigenvalue weighted by Gasteiger charge is -2.38. The van der Waals surface area contributed by atoms with E-state index in [0.717, 1.165) is 31.2 Å². The van der Waals surface area contributed by atoms with E-state index < -0.39 is 88.8 Å². The molecule has 6 N–H and O–H groups in total. The van der Waals surface area contributed by atoms with E-state index in [-0.39, 0.29) is 51.1 Å². The van der Waals surface area contributed by atoms with Gasteiger partial charge in [0.05, 0.1) is 59.6 Å². The van der Waals surface area contributed by atoms with Crippen molar-refractivity contribution in [1.29, 1.82) is 0 Å². The van der Waals surface area contributed by atoms with E-state index in [9.17, 15) is 39.9 Å². The van der Waals surface area contributed by atoms with Crippen molar-refractivity contribution in [3.8, 4) is 28.7 Å². The van der Waals surface area contributed by atoms with E-state index in [4.69, 9.17) is 28.5 Å². The molecular formula is C50H64N2O14. The molecule has 5 bridgehead atoms. The lowest BCUT2D eigenvalue weighted by atomic mass is 9.78. The average Bonchev–Trinajstić information content (AvgIpc) is 3.56. The molecule has 0 fully saturated rings. The maximum Gasteiger partial charge on any atom is 0.312 e. The fraction of sp³-hybridized carbons (Fsp3) is 0.480. The van der Waals surface area contributed by atoms with Gasteiger partial charge in [0.1, 0.15) is 35.7 Å². The van der Waals surface area contributed by atoms with Crippen molar-refractivity contribution in [1.82, 2.24) is 0 Å². The summed E-state index contributed by atoms with van der Waals surface area (Å²) in [7, 11) is 1.43. The van der Waals surface area contributed by atoms with Crippen LogP contribution < -0.4 is 14.8 Å². The van der Waals surface area contributed by atoms with E-state index in [2.05, 4.69) is 10.5 Å². The molecule has 0 aliphatic carbocycles. The van der Waals surface area contributed by atoms with Crippen molar-refractivity contribution in [2.75, 3.05) is 25.6 Å². The smallest absolute Gasteiger partial charge is 0.312 e. The monoisotopic (exact) mass is 916 g/mol. The Morgan fingerprint density at radius 3 is 2.23 bits per heavy atom. The van der Waals surface area contributed by atoms with Crippen LogP contribution in [0.2, 0.25) is 0 Å². The van der Waals surface area contributed by atoms with Gasteiger partial charge in [0.15, 0.2) is 5.75 Å². The number of hydrogen-bond donors (Lipinski definition) is 6. The minimum absolute atomic E-state index is 0.0305. The first-order valence-electron chi connectivity index (χ1n) is 22.3. The van der Waals surface area contributed by atoms with E-state index in [0.29, 0.717) is 13.0 Å². The van der Waals surface area contributed by atoms with Crippen LogP contribution in [-0.2, 0) is 28.6 Å². The van der Waals surface area contributed by atoms with Gasteiger partial charge in [-0.25, -0.2) is 0 Å². The Kier molecular flexibility index (Phi) is 17.3. The number of phenols is 3. The molecule has 0 aromatic heterocycles. The molecule has 16 heteroatoms. The van der Waals surface area contributed by atoms with Crippen LogP contribution >= 0.6 is 0 Å². The van der Waals surface area contributed by atoms with Gasteiger partial charge < -0.3 is 59.4 Å². The third kappa shape index (κ3) is 11.3. The molecule has 9 atom stereocenters. The Balaban J connectivity index is 1.54. The first kappa shape index (κ1) is 50.9. The number of fused-ring (bicyclic) bond motifs is 14. The molecule has 0 saturated carbocycles. The van der Waals surface area contributed by atoms with Gasteiger partial charge in [0.25, 0.3) is 11.7 Å². The molecule has 0 saturated heterocycles. The second-order valence-corrected chi connectivity index (χ2v) is 17.3. The molecule has 3 aromatic rings. The summed E-state index contributed by atoms with van der Waals surface area (Å²) in [5.74, 6) is -7.89. The molecule has 66 heavy (non-hydrogen) atoms. The molecule has 3 aromatic carbocycles. The van der Waals surface area contributed by atoms with Crippen molar-refractivity contribution >= 4 is 40.3 Å². The van der Waals surface area contributed by atoms with Crippen LogP contribution in [0, 0.1) is 30.6 Å². The van der Waals surface area contributed by atoms with Gasteiger partial charge in [-0.1, -0.05) is 69.3 Å². The number of amides is 1. The summed E-state index contributed by atoms with van der Waals surface area (Å²) in [6, 6.07) is 9.54. The predicted molar refractivity (Wildman–Crippen MR) is 248 cm³/mol. The Labute approximate surface area is 385 Å². The number of unbranched alkanes of at least 4 members (excludes halogenated alkanes) is 3. The largest absolute Gasteiger partial charge is 0.507 e. The summed E-state index contributed by atoms with van der Waals surface area (Å²) in [5.41, 5.74) is -0.625. The number of para-hydroxylation sites is 1. The third-order valence-corrected chi connectivity index (χ3v) is 12.4. The second-order valence-electron chi connectivity index (χ2n) is 17.3. The summed E-state index contributed by atoms with van der Waals surface area (Å²) in [4.78, 5) is 46.2. The van der Waals surface area contributed by atoms with Gasteiger partial charge in [0.2, 0.25) is 0 Å². The van der Waals surface area contributed by atoms with Gasteiger partial charge >= 0.3 is 11.8 Å². The number of allylic oxidation sites excluding steroid dienone is 2. The van der Waals surface area contributed by atoms with Gasteiger partial charge in [-0.3, -0.25) is 14.4 Å². The molecule has 0 unspecified atom stereocenters. The zero-order valence-electron chi connectivity index (χ0n) is 39.1. The first-order chi connectivity index (χ1) is 31.3. The number of nitrogens with zero attached hydrogens (tertiary/aromatic N) is 1. The molecular weight excluding hydrogens is 853 g/mol. The van der Waals surface area contributed by atoms with Gasteiger partial charge in [-0.2, -0.15) is 0 Å². The lowest BCUT2D eigenvalue weighted by molar-refractivity contribution is -0.160. The van der Waals surface area contributed by atoms with Crippen molar-refractivity contribution in [3.63, 3.8) is 0 Å². The number of aliphatic hydroxyl groups is 2. The van der Waals surface area contributed by atoms with Crippen molar-refractivity contribution < 1.29 is 68.4 Å². The van der Waals surface area contributed by atoms with E-state index >= 15 is 0 Å². The van der Waals surface area contributed by atoms with Crippen molar-refractivity contribution in [2.45, 2.75) is 111 Å². The fourth-order valence-corrected chi connectivity index (χ4v) is 8.34. The number of phenolic OH excluding ortho intramolecular Hbond substituents is 3. The predicted octanol–water partition coefficient (Wildman–Crippen LogP) is 7.74. The van der Waals surface area contributed by atoms with Crippen LogP contribution in [0.15, 0.2) is 71.6 Å². The van der Waals surface area contributed by atoms with Gasteiger partial charge in [-0.15, -0.1) is 0 Å². The standard InChI is InChI=1S/C50H64N2O14/c1-27-18-17-19-28(2)49(60)52-40-35(26-51-64-24-16-11-10-15-23-62-34-20-13-12-14-21-34)44(57)37-38(45(40)58)43(56)32(6)47-39(37)48(59)50(8,66-47)63-25-22-36(61-9)29(3)46(65-33(7)53)31(5)42(55)30(4)41(27)54/h12-14,17-22,25-27,29-31,36,41-42,46,54-58H,10-11,15-16,23-24H2,1-9H3,(H,52,60)/b18-17+,25-22+,28-19-,51-26+/t27-,29+,30+,31+,36-,41-,42+,46+,50-/m0/s1. The Bertz CT molecular complexity index is 2340. The normalized spacial score (nSPS) is 28.0. The number of esters is 1. The number of ether oxygens (including phenoxy) is 5. The SMILES string of the molecule is CO[C@H]1/C=C/O[C@@]2(C)Oc3c(C)c(O)c4c(O)c(c(/C=N/OCCCCCCOc5ccccc5)c(O)c4c3C2=O)NC(=O)/C(C)=C\C=C\[C@H](C)[C@H](O)[C@@H](C)[C@@H](O)[C@@H](C)[C@H](OC(C)=O)[C@@H]1C. The number of rotatable bonds is 12. The van der Waals surface area contributed by atoms with Crippen molar-refractivity contribution in [3.05, 3.63) is 83.2 Å². The molecule has 3 aliphatic rings. The highest BCUT2D eigenvalue weighted by molar-refractivity contribution is 6.23. The molecule has 358 valence electrons. The molecule has 0 spiro atoms. The maximum absolute atomic E-state index is 14.5. The number of Topliss-reactive ketones (excluding diaryl/α,β-unsaturated/α-hetero) is 1. The molecule has 1 amide bonds. The highest BCUT2D eigenvalue weighted by atomic mass is 16.7. The topological polar surface area (TPSA) is 232 Å². The number of oxime groups is 1. The Hall–Kier alpha value is -6.10. The highest BCUT2D eigenvalue weighted by Crippen LogP contribution is 2.55. The second kappa shape index (κ2) is 22.4. The van der Waals surface area contributed by atoms with Crippen LogP contribution in [-0.4, -0.2) is 99.9 Å². The summed E-state index contributed by atoms with van der Waals surface area (Å²) < 4.78 is 29.4. The lowest BCUT2D eigenvalue weighted by Crippen LogP contribution is -2.46. The van der Waals surface area contributed by atoms with Crippen LogP contribution in [0.4, 0.5) is 5.69 Å². The molecule has 6 rings (SSSR count). The van der Waals surface area contributed by atoms with Crippen LogP contribution in [0.5, 0.6) is 28.7 Å². The number of hydrogen-bond acceptors (Lipinski definition) is 15. The highest BCUT2D eigenvalue weighted by Gasteiger charge is 2.50. The average molecular weight is 917 g/mol. The van der Waals surface area contributed by atoms with Gasteiger partial charge in [-0.05, 0) is 57.7 Å². The van der Waals surface area contributed by atoms with Crippen LogP contribution in [0.3, 0.4) is 0 Å². The Morgan fingerprint density at radius 2 is 1.56 bits per heavy atom. The minimum atomic E-state index is -2.07. The fourth-order valence-electron chi connectivity index (χ4n) is 8.34. The number of carbonyl (C=O) groups is 3. The van der Waals surface area contributed by atoms with Crippen LogP contribution in [0.1, 0.15) is 95.6 Å². The number of anilines is 1. The number of aromatic hydroxyl groups is 3. The number of benzene rings is 3. The zero-order valence-corrected chi connectivity index (χ0v) is 39.1. The summed E-state index contributed by atoms with van der Waals surface area (Å²) in [5, 5.41) is 64.5. The number of aliphatic hydroxyl groups excluding tert-OH is 2. The summed E-state index contributed by atoms with van der Waals surface area (Å²) in [6.45, 7) is 13.2. The third-order valence-electron chi connectivity index (χ3n) is 12.4. The Morgan fingerprint density at radius 1 is 0.879 bits per heavy atom. The minimum Gasteiger partial charge on any atom is -0.507 e. The number of methoxy groups -OCH3 is 1. The van der Waals surface area contributed by atoms with E-state index in [1.54, 1.807) is 39.8 Å². The summed E-state index contributed by atoms with van der Waals surface area (Å²) in [6.07, 6.45) is 7.70. The summed E-state index contributed by atoms with van der Waals surface area (Å²) >= 11 is 0. The van der Waals surface area contributed by atoms with E-state index in [1.165, 1.54) is 53.2 Å². The van der Waals surface area contributed by atoms with E-state index in [1.807, 2.05) is 30.3 Å². The first-order valence-corrected chi connectivity index (χ1v) is 22.3. The number of nitrogens with one attached hydrogen (secondary N) is 1. The molecule has 3 aliphatic heterocycles. The number of carbonyl (C=O) groups excluding carboxylic acids is 3. The maximum atomic E-state index is 14.5. The number of ketones is 1. The van der Waals surface area contributed by atoms with Gasteiger partial charge in [0, 0.05) is 61.2 Å². The van der Waals surface area contributed by atoms with Crippen LogP contribution in [0.25, 0.3) is 10.8 Å². The quantitative estimate of drug-likeness (QED) is 0.0255.